The van der Waals surface area contributed by atoms with Crippen molar-refractivity contribution < 1.29 is 5.11 Å². The number of aryl methyl sites for hydroxylation is 1. The first kappa shape index (κ1) is 15.5. The highest BCUT2D eigenvalue weighted by molar-refractivity contribution is 5.13. The van der Waals surface area contributed by atoms with E-state index in [0.29, 0.717) is 6.04 Å². The summed E-state index contributed by atoms with van der Waals surface area (Å²) in [5.74, 6) is 1.09. The van der Waals surface area contributed by atoms with E-state index >= 15 is 0 Å². The third-order valence-electron chi connectivity index (χ3n) is 4.53. The van der Waals surface area contributed by atoms with Gasteiger partial charge in [0.15, 0.2) is 0 Å². The predicted molar refractivity (Wildman–Crippen MR) is 80.7 cm³/mol. The van der Waals surface area contributed by atoms with Crippen molar-refractivity contribution in [1.29, 1.82) is 0 Å². The Labute approximate surface area is 122 Å². The zero-order valence-electron chi connectivity index (χ0n) is 13.0. The van der Waals surface area contributed by atoms with E-state index < -0.39 is 0 Å². The zero-order valence-corrected chi connectivity index (χ0v) is 13.0. The van der Waals surface area contributed by atoms with Gasteiger partial charge in [-0.15, -0.1) is 0 Å². The fourth-order valence-corrected chi connectivity index (χ4v) is 2.93. The fraction of sp³-hybridized carbons (Fsp3) is 0.800. The normalized spacial score (nSPS) is 20.5. The molecule has 1 saturated heterocycles. The Bertz CT molecular complexity index is 430. The number of aliphatic hydroxyl groups is 1. The molecule has 0 amide bonds. The molecule has 1 aromatic rings. The van der Waals surface area contributed by atoms with Gasteiger partial charge in [-0.1, -0.05) is 6.42 Å². The standard InChI is InChI=1S/C15H28N4O/c1-12-13(2)18(3)15(17-12)10-16-7-9-19-8-5-4-6-14(19)11-20/h14,16,20H,4-11H2,1-3H3. The summed E-state index contributed by atoms with van der Waals surface area (Å²) >= 11 is 0. The first-order valence-corrected chi connectivity index (χ1v) is 7.68. The van der Waals surface area contributed by atoms with Crippen LogP contribution in [0, 0.1) is 13.8 Å². The van der Waals surface area contributed by atoms with Gasteiger partial charge in [-0.05, 0) is 33.2 Å². The third-order valence-corrected chi connectivity index (χ3v) is 4.53. The lowest BCUT2D eigenvalue weighted by molar-refractivity contribution is 0.0909. The first-order chi connectivity index (χ1) is 9.63. The minimum Gasteiger partial charge on any atom is -0.395 e. The molecule has 5 nitrogen and oxygen atoms in total. The highest BCUT2D eigenvalue weighted by atomic mass is 16.3. The number of aromatic nitrogens is 2. The number of likely N-dealkylation sites (tertiary alicyclic amines) is 1. The number of hydrogen-bond acceptors (Lipinski definition) is 4. The molecule has 2 rings (SSSR count). The van der Waals surface area contributed by atoms with Crippen LogP contribution in [0.1, 0.15) is 36.5 Å². The Morgan fingerprint density at radius 3 is 2.80 bits per heavy atom. The molecule has 1 fully saturated rings. The Morgan fingerprint density at radius 2 is 2.15 bits per heavy atom. The number of hydrogen-bond donors (Lipinski definition) is 2. The SMILES string of the molecule is Cc1nc(CNCCN2CCCCC2CO)n(C)c1C. The van der Waals surface area contributed by atoms with Crippen molar-refractivity contribution in [2.45, 2.75) is 45.7 Å². The summed E-state index contributed by atoms with van der Waals surface area (Å²) in [7, 11) is 2.07. The van der Waals surface area contributed by atoms with Gasteiger partial charge in [0.25, 0.3) is 0 Å². The quantitative estimate of drug-likeness (QED) is 0.763. The zero-order chi connectivity index (χ0) is 14.5. The van der Waals surface area contributed by atoms with Gasteiger partial charge >= 0.3 is 0 Å². The van der Waals surface area contributed by atoms with Crippen molar-refractivity contribution in [3.05, 3.63) is 17.2 Å². The molecule has 1 aromatic heterocycles. The first-order valence-electron chi connectivity index (χ1n) is 7.68. The molecule has 1 aliphatic heterocycles. The van der Waals surface area contributed by atoms with Gasteiger partial charge in [-0.25, -0.2) is 4.98 Å². The molecule has 2 N–H and O–H groups in total. The van der Waals surface area contributed by atoms with Crippen molar-refractivity contribution in [2.75, 3.05) is 26.2 Å². The van der Waals surface area contributed by atoms with Gasteiger partial charge < -0.3 is 15.0 Å². The summed E-state index contributed by atoms with van der Waals surface area (Å²) in [6.45, 7) is 8.33. The highest BCUT2D eigenvalue weighted by Crippen LogP contribution is 2.15. The maximum Gasteiger partial charge on any atom is 0.122 e. The maximum absolute atomic E-state index is 9.39. The van der Waals surface area contributed by atoms with Crippen molar-refractivity contribution >= 4 is 0 Å². The molecule has 0 radical (unpaired) electrons. The smallest absolute Gasteiger partial charge is 0.122 e. The maximum atomic E-state index is 9.39. The Morgan fingerprint density at radius 1 is 1.35 bits per heavy atom. The number of aliphatic hydroxyl groups excluding tert-OH is 1. The monoisotopic (exact) mass is 280 g/mol. The molecule has 1 aliphatic rings. The van der Waals surface area contributed by atoms with Gasteiger partial charge in [0, 0.05) is 31.9 Å². The predicted octanol–water partition coefficient (Wildman–Crippen LogP) is 0.973. The molecule has 1 unspecified atom stereocenters. The number of rotatable bonds is 6. The second kappa shape index (κ2) is 7.20. The van der Waals surface area contributed by atoms with Crippen LogP contribution in [0.15, 0.2) is 0 Å². The molecule has 114 valence electrons. The molecular weight excluding hydrogens is 252 g/mol. The Kier molecular flexibility index (Phi) is 5.57. The largest absolute Gasteiger partial charge is 0.395 e. The molecule has 0 aliphatic carbocycles. The van der Waals surface area contributed by atoms with Crippen LogP contribution in [-0.4, -0.2) is 51.8 Å². The van der Waals surface area contributed by atoms with Crippen LogP contribution in [0.25, 0.3) is 0 Å². The number of nitrogens with one attached hydrogen (secondary N) is 1. The van der Waals surface area contributed by atoms with E-state index in [1.165, 1.54) is 18.5 Å². The molecule has 1 atom stereocenters. The van der Waals surface area contributed by atoms with Gasteiger partial charge in [0.05, 0.1) is 18.8 Å². The van der Waals surface area contributed by atoms with E-state index in [1.807, 2.05) is 0 Å². The van der Waals surface area contributed by atoms with E-state index in [1.54, 1.807) is 0 Å². The summed E-state index contributed by atoms with van der Waals surface area (Å²) < 4.78 is 2.15. The van der Waals surface area contributed by atoms with E-state index in [-0.39, 0.29) is 6.61 Å². The molecule has 2 heterocycles. The number of nitrogens with zero attached hydrogens (tertiary/aromatic N) is 3. The van der Waals surface area contributed by atoms with Gasteiger partial charge in [0.2, 0.25) is 0 Å². The van der Waals surface area contributed by atoms with Gasteiger partial charge in [0.1, 0.15) is 5.82 Å². The molecule has 0 saturated carbocycles. The van der Waals surface area contributed by atoms with Crippen LogP contribution in [0.5, 0.6) is 0 Å². The van der Waals surface area contributed by atoms with Crippen molar-refractivity contribution in [1.82, 2.24) is 19.8 Å². The van der Waals surface area contributed by atoms with Crippen LogP contribution in [0.2, 0.25) is 0 Å². The Hall–Kier alpha value is -0.910. The molecule has 20 heavy (non-hydrogen) atoms. The van der Waals surface area contributed by atoms with Crippen molar-refractivity contribution in [2.24, 2.45) is 7.05 Å². The number of imidazole rings is 1. The summed E-state index contributed by atoms with van der Waals surface area (Å²) in [6.07, 6.45) is 3.64. The fourth-order valence-electron chi connectivity index (χ4n) is 2.93. The van der Waals surface area contributed by atoms with Gasteiger partial charge in [-0.3, -0.25) is 4.90 Å². The van der Waals surface area contributed by atoms with Crippen LogP contribution in [0.3, 0.4) is 0 Å². The van der Waals surface area contributed by atoms with Crippen LogP contribution in [0.4, 0.5) is 0 Å². The lowest BCUT2D eigenvalue weighted by atomic mass is 10.0. The lowest BCUT2D eigenvalue weighted by Gasteiger charge is -2.34. The van der Waals surface area contributed by atoms with E-state index in [4.69, 9.17) is 0 Å². The molecule has 5 heteroatoms. The van der Waals surface area contributed by atoms with Gasteiger partial charge in [-0.2, -0.15) is 0 Å². The average molecular weight is 280 g/mol. The summed E-state index contributed by atoms with van der Waals surface area (Å²) in [5.41, 5.74) is 2.35. The minimum atomic E-state index is 0.289. The van der Waals surface area contributed by atoms with E-state index in [2.05, 4.69) is 40.7 Å². The second-order valence-electron chi connectivity index (χ2n) is 5.80. The number of piperidine rings is 1. The minimum absolute atomic E-state index is 0.289. The molecule has 0 bridgehead atoms. The highest BCUT2D eigenvalue weighted by Gasteiger charge is 2.20. The third kappa shape index (κ3) is 3.59. The van der Waals surface area contributed by atoms with Crippen LogP contribution < -0.4 is 5.32 Å². The summed E-state index contributed by atoms with van der Waals surface area (Å²) in [5, 5.41) is 12.9. The van der Waals surface area contributed by atoms with Crippen molar-refractivity contribution in [3.63, 3.8) is 0 Å². The van der Waals surface area contributed by atoms with E-state index in [0.717, 1.165) is 44.1 Å². The topological polar surface area (TPSA) is 53.3 Å². The molecule has 0 spiro atoms. The van der Waals surface area contributed by atoms with E-state index in [9.17, 15) is 5.11 Å². The van der Waals surface area contributed by atoms with Crippen molar-refractivity contribution in [3.8, 4) is 0 Å². The second-order valence-corrected chi connectivity index (χ2v) is 5.80. The lowest BCUT2D eigenvalue weighted by Crippen LogP contribution is -2.44. The summed E-state index contributed by atoms with van der Waals surface area (Å²) in [6, 6.07) is 0.364. The van der Waals surface area contributed by atoms with Crippen LogP contribution >= 0.6 is 0 Å². The molecule has 0 aromatic carbocycles. The Balaban J connectivity index is 1.74. The summed E-state index contributed by atoms with van der Waals surface area (Å²) in [4.78, 5) is 6.98. The van der Waals surface area contributed by atoms with Crippen LogP contribution in [-0.2, 0) is 13.6 Å². The molecular formula is C15H28N4O. The average Bonchev–Trinajstić information content (AvgIpc) is 2.71.